The predicted octanol–water partition coefficient (Wildman–Crippen LogP) is 5.99. The SMILES string of the molecule is Cl.O=C(NCCCCC1CCNCC1)c1ccc(S(=O)(=O)N(Oc2ccc(F)cc2Cl)c2ccccc2)cc1. The number of carbonyl (C=O) groups is 1. The Labute approximate surface area is 240 Å². The van der Waals surface area contributed by atoms with Crippen LogP contribution < -0.4 is 19.9 Å². The van der Waals surface area contributed by atoms with Crippen LogP contribution in [0, 0.1) is 11.7 Å². The molecule has 7 nitrogen and oxygen atoms in total. The standard InChI is InChI=1S/C28H31ClFN3O4S.ClH/c29-26-20-23(30)11-14-27(26)37-33(24-7-2-1-3-8-24)38(35,36)25-12-9-22(10-13-25)28(34)32-17-5-4-6-21-15-18-31-19-16-21;/h1-3,7-14,20-21,31H,4-6,15-19H2,(H,32,34);1H. The van der Waals surface area contributed by atoms with Crippen molar-refractivity contribution in [3.05, 3.63) is 89.2 Å². The lowest BCUT2D eigenvalue weighted by atomic mass is 9.92. The summed E-state index contributed by atoms with van der Waals surface area (Å²) < 4.78 is 41.3. The molecule has 0 bridgehead atoms. The number of nitrogens with one attached hydrogen (secondary N) is 2. The van der Waals surface area contributed by atoms with Gasteiger partial charge in [0.2, 0.25) is 0 Å². The zero-order valence-corrected chi connectivity index (χ0v) is 23.7. The smallest absolute Gasteiger partial charge is 0.295 e. The highest BCUT2D eigenvalue weighted by Gasteiger charge is 2.28. The Bertz CT molecular complexity index is 1320. The summed E-state index contributed by atoms with van der Waals surface area (Å²) in [5.41, 5.74) is 0.579. The van der Waals surface area contributed by atoms with Gasteiger partial charge >= 0.3 is 0 Å². The lowest BCUT2D eigenvalue weighted by Crippen LogP contribution is -2.34. The molecule has 3 aromatic rings. The highest BCUT2D eigenvalue weighted by Crippen LogP contribution is 2.31. The Morgan fingerprint density at radius 1 is 1.03 bits per heavy atom. The van der Waals surface area contributed by atoms with E-state index in [0.29, 0.717) is 12.1 Å². The summed E-state index contributed by atoms with van der Waals surface area (Å²) in [6.07, 6.45) is 5.57. The van der Waals surface area contributed by atoms with Crippen molar-refractivity contribution in [3.8, 4) is 5.75 Å². The molecule has 39 heavy (non-hydrogen) atoms. The number of para-hydroxylation sites is 1. The van der Waals surface area contributed by atoms with Crippen molar-refractivity contribution < 1.29 is 22.4 Å². The second-order valence-corrected chi connectivity index (χ2v) is 11.4. The second kappa shape index (κ2) is 14.5. The lowest BCUT2D eigenvalue weighted by molar-refractivity contribution is 0.0952. The number of piperidine rings is 1. The fourth-order valence-corrected chi connectivity index (χ4v) is 5.79. The molecular weight excluding hydrogens is 564 g/mol. The van der Waals surface area contributed by atoms with E-state index in [-0.39, 0.29) is 39.7 Å². The van der Waals surface area contributed by atoms with Gasteiger partial charge in [-0.3, -0.25) is 4.79 Å². The highest BCUT2D eigenvalue weighted by atomic mass is 35.5. The average Bonchev–Trinajstić information content (AvgIpc) is 2.93. The number of amides is 1. The zero-order valence-electron chi connectivity index (χ0n) is 21.3. The third kappa shape index (κ3) is 8.32. The summed E-state index contributed by atoms with van der Waals surface area (Å²) in [7, 11) is -4.23. The van der Waals surface area contributed by atoms with E-state index < -0.39 is 15.8 Å². The number of hydrogen-bond acceptors (Lipinski definition) is 5. The number of carbonyl (C=O) groups excluding carboxylic acids is 1. The van der Waals surface area contributed by atoms with Crippen molar-refractivity contribution in [1.82, 2.24) is 10.6 Å². The number of unbranched alkanes of at least 4 members (excludes halogenated alkanes) is 1. The van der Waals surface area contributed by atoms with Crippen molar-refractivity contribution in [1.29, 1.82) is 0 Å². The van der Waals surface area contributed by atoms with E-state index in [1.807, 2.05) is 0 Å². The number of halogens is 3. The van der Waals surface area contributed by atoms with Crippen LogP contribution in [-0.2, 0) is 10.0 Å². The number of anilines is 1. The first-order valence-corrected chi connectivity index (χ1v) is 14.5. The highest BCUT2D eigenvalue weighted by molar-refractivity contribution is 7.92. The van der Waals surface area contributed by atoms with Crippen molar-refractivity contribution in [2.24, 2.45) is 5.92 Å². The van der Waals surface area contributed by atoms with Gasteiger partial charge in [-0.15, -0.1) is 12.4 Å². The summed E-state index contributed by atoms with van der Waals surface area (Å²) in [6.45, 7) is 2.74. The van der Waals surface area contributed by atoms with E-state index in [4.69, 9.17) is 16.4 Å². The molecule has 0 saturated carbocycles. The van der Waals surface area contributed by atoms with Gasteiger partial charge in [-0.2, -0.15) is 8.42 Å². The summed E-state index contributed by atoms with van der Waals surface area (Å²) in [5, 5.41) is 6.20. The van der Waals surface area contributed by atoms with Gasteiger partial charge in [0.1, 0.15) is 5.82 Å². The van der Waals surface area contributed by atoms with E-state index in [9.17, 15) is 17.6 Å². The Morgan fingerprint density at radius 2 is 1.72 bits per heavy atom. The maximum absolute atomic E-state index is 13.6. The quantitative estimate of drug-likeness (QED) is 0.210. The van der Waals surface area contributed by atoms with E-state index in [0.717, 1.165) is 48.5 Å². The van der Waals surface area contributed by atoms with Crippen molar-refractivity contribution in [3.63, 3.8) is 0 Å². The largest absolute Gasteiger partial charge is 0.363 e. The van der Waals surface area contributed by atoms with Crippen molar-refractivity contribution in [2.75, 3.05) is 24.1 Å². The predicted molar refractivity (Wildman–Crippen MR) is 154 cm³/mol. The molecule has 1 heterocycles. The van der Waals surface area contributed by atoms with Gasteiger partial charge in [0, 0.05) is 12.1 Å². The van der Waals surface area contributed by atoms with Crippen LogP contribution in [0.1, 0.15) is 42.5 Å². The van der Waals surface area contributed by atoms with Crippen LogP contribution in [0.25, 0.3) is 0 Å². The number of nitrogens with zero attached hydrogens (tertiary/aromatic N) is 1. The Balaban J connectivity index is 0.00000420. The number of rotatable bonds is 11. The fraction of sp³-hybridized carbons (Fsp3) is 0.321. The minimum Gasteiger partial charge on any atom is -0.363 e. The normalized spacial score (nSPS) is 13.8. The molecule has 0 unspecified atom stereocenters. The molecule has 1 aliphatic rings. The van der Waals surface area contributed by atoms with Crippen LogP contribution in [0.4, 0.5) is 10.1 Å². The number of hydrogen-bond donors (Lipinski definition) is 2. The minimum atomic E-state index is -4.23. The molecule has 0 aliphatic carbocycles. The maximum atomic E-state index is 13.6. The van der Waals surface area contributed by atoms with Gasteiger partial charge in [-0.05, 0) is 92.9 Å². The molecule has 0 aromatic heterocycles. The van der Waals surface area contributed by atoms with Gasteiger partial charge in [0.25, 0.3) is 15.9 Å². The number of benzene rings is 3. The Morgan fingerprint density at radius 3 is 2.38 bits per heavy atom. The lowest BCUT2D eigenvalue weighted by Gasteiger charge is -2.24. The minimum absolute atomic E-state index is 0. The molecule has 11 heteroatoms. The molecule has 1 saturated heterocycles. The van der Waals surface area contributed by atoms with Gasteiger partial charge in [-0.25, -0.2) is 4.39 Å². The third-order valence-corrected chi connectivity index (χ3v) is 8.34. The van der Waals surface area contributed by atoms with E-state index in [1.54, 1.807) is 30.3 Å². The molecule has 3 aromatic carbocycles. The van der Waals surface area contributed by atoms with Gasteiger partial charge in [0.15, 0.2) is 5.75 Å². The van der Waals surface area contributed by atoms with Gasteiger partial charge in [0.05, 0.1) is 15.6 Å². The Hall–Kier alpha value is -2.85. The first-order valence-electron chi connectivity index (χ1n) is 12.7. The first kappa shape index (κ1) is 30.7. The topological polar surface area (TPSA) is 87.7 Å². The van der Waals surface area contributed by atoms with Crippen molar-refractivity contribution in [2.45, 2.75) is 37.0 Å². The zero-order chi connectivity index (χ0) is 27.0. The molecule has 0 atom stereocenters. The summed E-state index contributed by atoms with van der Waals surface area (Å²) in [5.74, 6) is -0.103. The van der Waals surface area contributed by atoms with Crippen LogP contribution in [-0.4, -0.2) is 34.0 Å². The Kier molecular flexibility index (Phi) is 11.4. The molecular formula is C28H32Cl2FN3O4S. The average molecular weight is 597 g/mol. The summed E-state index contributed by atoms with van der Waals surface area (Å²) in [6, 6.07) is 17.2. The molecule has 1 fully saturated rings. The van der Waals surface area contributed by atoms with E-state index >= 15 is 0 Å². The number of sulfonamides is 1. The monoisotopic (exact) mass is 595 g/mol. The summed E-state index contributed by atoms with van der Waals surface area (Å²) >= 11 is 6.08. The van der Waals surface area contributed by atoms with Crippen molar-refractivity contribution >= 4 is 45.6 Å². The first-order chi connectivity index (χ1) is 18.3. The van der Waals surface area contributed by atoms with Crippen LogP contribution in [0.2, 0.25) is 5.02 Å². The molecule has 210 valence electrons. The maximum Gasteiger partial charge on any atom is 0.295 e. The molecule has 1 amide bonds. The van der Waals surface area contributed by atoms with Gasteiger partial charge < -0.3 is 15.5 Å². The molecule has 1 aliphatic heterocycles. The fourth-order valence-electron chi connectivity index (χ4n) is 4.34. The van der Waals surface area contributed by atoms with Crippen LogP contribution >= 0.6 is 24.0 Å². The molecule has 0 radical (unpaired) electrons. The van der Waals surface area contributed by atoms with Crippen LogP contribution in [0.3, 0.4) is 0 Å². The summed E-state index contributed by atoms with van der Waals surface area (Å²) in [4.78, 5) is 18.2. The third-order valence-electron chi connectivity index (χ3n) is 6.46. The van der Waals surface area contributed by atoms with E-state index in [1.165, 1.54) is 49.6 Å². The van der Waals surface area contributed by atoms with Crippen LogP contribution in [0.5, 0.6) is 5.75 Å². The van der Waals surface area contributed by atoms with E-state index in [2.05, 4.69) is 10.6 Å². The second-order valence-electron chi connectivity index (χ2n) is 9.20. The van der Waals surface area contributed by atoms with Crippen LogP contribution in [0.15, 0.2) is 77.7 Å². The molecule has 2 N–H and O–H groups in total. The van der Waals surface area contributed by atoms with Gasteiger partial charge in [-0.1, -0.05) is 47.1 Å². The molecule has 4 rings (SSSR count). The molecule has 0 spiro atoms.